The molecule has 0 saturated heterocycles. The van der Waals surface area contributed by atoms with E-state index in [2.05, 4.69) is 16.4 Å². The van der Waals surface area contributed by atoms with Gasteiger partial charge in [-0.05, 0) is 43.8 Å². The lowest BCUT2D eigenvalue weighted by atomic mass is 10.2. The van der Waals surface area contributed by atoms with Crippen molar-refractivity contribution in [1.82, 2.24) is 9.38 Å². The second-order valence-electron chi connectivity index (χ2n) is 5.03. The van der Waals surface area contributed by atoms with Gasteiger partial charge >= 0.3 is 0 Å². The van der Waals surface area contributed by atoms with Crippen LogP contribution in [0.15, 0.2) is 35.8 Å². The van der Waals surface area contributed by atoms with E-state index in [1.807, 2.05) is 48.0 Å². The average molecular weight is 299 g/mol. The summed E-state index contributed by atoms with van der Waals surface area (Å²) in [6, 6.07) is 7.88. The van der Waals surface area contributed by atoms with Gasteiger partial charge in [-0.1, -0.05) is 6.07 Å². The molecule has 0 radical (unpaired) electrons. The summed E-state index contributed by atoms with van der Waals surface area (Å²) in [7, 11) is 0. The van der Waals surface area contributed by atoms with Crippen molar-refractivity contribution in [3.63, 3.8) is 0 Å². The standard InChI is InChI=1S/C16H17N3OS/c1-11-12(2)19-9-3-6-14(16(19)17-11)18-15(20)8-7-13-5-4-10-21-13/h3-6,9-10H,7-8H2,1-2H3,(H,18,20). The maximum Gasteiger partial charge on any atom is 0.224 e. The molecule has 3 aromatic rings. The number of carbonyl (C=O) groups is 1. The van der Waals surface area contributed by atoms with Crippen LogP contribution in [0.1, 0.15) is 22.7 Å². The fourth-order valence-corrected chi connectivity index (χ4v) is 3.01. The van der Waals surface area contributed by atoms with Crippen molar-refractivity contribution in [2.24, 2.45) is 0 Å². The molecule has 3 rings (SSSR count). The van der Waals surface area contributed by atoms with Crippen LogP contribution < -0.4 is 5.32 Å². The van der Waals surface area contributed by atoms with Crippen molar-refractivity contribution in [3.05, 3.63) is 52.1 Å². The van der Waals surface area contributed by atoms with Crippen LogP contribution in [0, 0.1) is 13.8 Å². The summed E-state index contributed by atoms with van der Waals surface area (Å²) >= 11 is 1.68. The van der Waals surface area contributed by atoms with Gasteiger partial charge in [0.25, 0.3) is 0 Å². The zero-order chi connectivity index (χ0) is 14.8. The molecule has 21 heavy (non-hydrogen) atoms. The zero-order valence-corrected chi connectivity index (χ0v) is 12.9. The van der Waals surface area contributed by atoms with Gasteiger partial charge < -0.3 is 9.72 Å². The number of imidazole rings is 1. The molecule has 0 bridgehead atoms. The normalized spacial score (nSPS) is 11.0. The second kappa shape index (κ2) is 5.69. The number of nitrogens with zero attached hydrogens (tertiary/aromatic N) is 2. The number of thiophene rings is 1. The lowest BCUT2D eigenvalue weighted by Crippen LogP contribution is -2.13. The van der Waals surface area contributed by atoms with Gasteiger partial charge in [0.1, 0.15) is 0 Å². The summed E-state index contributed by atoms with van der Waals surface area (Å²) in [6.07, 6.45) is 3.23. The molecular formula is C16H17N3OS. The third-order valence-corrected chi connectivity index (χ3v) is 4.51. The van der Waals surface area contributed by atoms with Crippen molar-refractivity contribution >= 4 is 28.6 Å². The van der Waals surface area contributed by atoms with Crippen LogP contribution in [0.3, 0.4) is 0 Å². The van der Waals surface area contributed by atoms with E-state index in [4.69, 9.17) is 0 Å². The number of hydrogen-bond donors (Lipinski definition) is 1. The molecule has 0 aliphatic carbocycles. The lowest BCUT2D eigenvalue weighted by molar-refractivity contribution is -0.116. The van der Waals surface area contributed by atoms with E-state index in [-0.39, 0.29) is 5.91 Å². The average Bonchev–Trinajstić information content (AvgIpc) is 3.08. The number of pyridine rings is 1. The number of aryl methyl sites for hydroxylation is 3. The van der Waals surface area contributed by atoms with Crippen LogP contribution in [0.4, 0.5) is 5.69 Å². The summed E-state index contributed by atoms with van der Waals surface area (Å²) < 4.78 is 2.00. The first-order valence-corrected chi connectivity index (χ1v) is 7.79. The highest BCUT2D eigenvalue weighted by molar-refractivity contribution is 7.09. The number of rotatable bonds is 4. The van der Waals surface area contributed by atoms with E-state index in [1.165, 1.54) is 4.88 Å². The number of aromatic nitrogens is 2. The maximum absolute atomic E-state index is 12.1. The predicted molar refractivity (Wildman–Crippen MR) is 85.9 cm³/mol. The van der Waals surface area contributed by atoms with E-state index in [0.717, 1.165) is 29.1 Å². The molecule has 0 spiro atoms. The Labute approximate surface area is 127 Å². The Morgan fingerprint density at radius 3 is 2.95 bits per heavy atom. The van der Waals surface area contributed by atoms with Gasteiger partial charge in [-0.15, -0.1) is 11.3 Å². The van der Waals surface area contributed by atoms with Gasteiger partial charge in [0.15, 0.2) is 5.65 Å². The molecule has 0 aliphatic rings. The Bertz CT molecular complexity index is 774. The molecule has 5 heteroatoms. The molecule has 1 N–H and O–H groups in total. The number of nitrogens with one attached hydrogen (secondary N) is 1. The lowest BCUT2D eigenvalue weighted by Gasteiger charge is -2.06. The minimum atomic E-state index is 0.0230. The number of carbonyl (C=O) groups excluding carboxylic acids is 1. The van der Waals surface area contributed by atoms with E-state index < -0.39 is 0 Å². The predicted octanol–water partition coefficient (Wildman–Crippen LogP) is 3.58. The summed E-state index contributed by atoms with van der Waals surface area (Å²) in [4.78, 5) is 17.9. The SMILES string of the molecule is Cc1nc2c(NC(=O)CCc3cccs3)cccn2c1C. The molecule has 108 valence electrons. The highest BCUT2D eigenvalue weighted by Crippen LogP contribution is 2.20. The van der Waals surface area contributed by atoms with E-state index in [1.54, 1.807) is 11.3 Å². The Morgan fingerprint density at radius 2 is 2.19 bits per heavy atom. The second-order valence-corrected chi connectivity index (χ2v) is 6.06. The Balaban J connectivity index is 1.75. The van der Waals surface area contributed by atoms with Crippen LogP contribution >= 0.6 is 11.3 Å². The Hall–Kier alpha value is -2.14. The molecule has 3 heterocycles. The minimum absolute atomic E-state index is 0.0230. The summed E-state index contributed by atoms with van der Waals surface area (Å²) in [5.74, 6) is 0.0230. The fourth-order valence-electron chi connectivity index (χ4n) is 2.30. The van der Waals surface area contributed by atoms with Crippen molar-refractivity contribution < 1.29 is 4.79 Å². The molecule has 1 amide bonds. The van der Waals surface area contributed by atoms with Crippen molar-refractivity contribution in [1.29, 1.82) is 0 Å². The molecule has 0 aromatic carbocycles. The molecule has 0 aliphatic heterocycles. The van der Waals surface area contributed by atoms with Gasteiger partial charge in [-0.3, -0.25) is 4.79 Å². The number of anilines is 1. The first kappa shape index (κ1) is 13.8. The Morgan fingerprint density at radius 1 is 1.33 bits per heavy atom. The monoisotopic (exact) mass is 299 g/mol. The van der Waals surface area contributed by atoms with E-state index >= 15 is 0 Å². The first-order chi connectivity index (χ1) is 10.1. The van der Waals surface area contributed by atoms with Gasteiger partial charge in [0.05, 0.1) is 11.4 Å². The number of amides is 1. The fraction of sp³-hybridized carbons (Fsp3) is 0.250. The van der Waals surface area contributed by atoms with Gasteiger partial charge in [0, 0.05) is 23.2 Å². The molecule has 0 saturated carbocycles. The number of fused-ring (bicyclic) bond motifs is 1. The molecule has 0 atom stereocenters. The van der Waals surface area contributed by atoms with E-state index in [9.17, 15) is 4.79 Å². The largest absolute Gasteiger partial charge is 0.323 e. The smallest absolute Gasteiger partial charge is 0.224 e. The van der Waals surface area contributed by atoms with Crippen LogP contribution in [0.25, 0.3) is 5.65 Å². The molecule has 4 nitrogen and oxygen atoms in total. The maximum atomic E-state index is 12.1. The summed E-state index contributed by atoms with van der Waals surface area (Å²) in [6.45, 7) is 4.00. The summed E-state index contributed by atoms with van der Waals surface area (Å²) in [5, 5.41) is 5.00. The first-order valence-electron chi connectivity index (χ1n) is 6.91. The quantitative estimate of drug-likeness (QED) is 0.800. The van der Waals surface area contributed by atoms with E-state index in [0.29, 0.717) is 6.42 Å². The van der Waals surface area contributed by atoms with Gasteiger partial charge in [-0.25, -0.2) is 4.98 Å². The van der Waals surface area contributed by atoms with Crippen molar-refractivity contribution in [2.45, 2.75) is 26.7 Å². The molecule has 0 fully saturated rings. The van der Waals surface area contributed by atoms with Crippen LogP contribution in [-0.4, -0.2) is 15.3 Å². The van der Waals surface area contributed by atoms with Crippen LogP contribution in [0.2, 0.25) is 0 Å². The number of hydrogen-bond acceptors (Lipinski definition) is 3. The summed E-state index contributed by atoms with van der Waals surface area (Å²) in [5.41, 5.74) is 3.65. The minimum Gasteiger partial charge on any atom is -0.323 e. The third-order valence-electron chi connectivity index (χ3n) is 3.58. The van der Waals surface area contributed by atoms with Crippen molar-refractivity contribution in [3.8, 4) is 0 Å². The van der Waals surface area contributed by atoms with Gasteiger partial charge in [-0.2, -0.15) is 0 Å². The van der Waals surface area contributed by atoms with Crippen LogP contribution in [0.5, 0.6) is 0 Å². The van der Waals surface area contributed by atoms with Crippen molar-refractivity contribution in [2.75, 3.05) is 5.32 Å². The highest BCUT2D eigenvalue weighted by atomic mass is 32.1. The third kappa shape index (κ3) is 2.83. The van der Waals surface area contributed by atoms with Crippen LogP contribution in [-0.2, 0) is 11.2 Å². The van der Waals surface area contributed by atoms with Gasteiger partial charge in [0.2, 0.25) is 5.91 Å². The topological polar surface area (TPSA) is 46.4 Å². The molecule has 0 unspecified atom stereocenters. The zero-order valence-electron chi connectivity index (χ0n) is 12.1. The molecule has 3 aromatic heterocycles. The molecular weight excluding hydrogens is 282 g/mol. The Kier molecular flexibility index (Phi) is 3.75. The highest BCUT2D eigenvalue weighted by Gasteiger charge is 2.11.